The second kappa shape index (κ2) is 7.54. The van der Waals surface area contributed by atoms with Gasteiger partial charge in [-0.2, -0.15) is 0 Å². The summed E-state index contributed by atoms with van der Waals surface area (Å²) in [7, 11) is -1.74. The Labute approximate surface area is 149 Å². The monoisotopic (exact) mass is 382 g/mol. The second-order valence-electron chi connectivity index (χ2n) is 4.77. The topological polar surface area (TPSA) is 101 Å². The van der Waals surface area contributed by atoms with Crippen molar-refractivity contribution in [2.45, 2.75) is 4.90 Å². The number of hydrogen-bond donors (Lipinski definition) is 0. The SMILES string of the molecule is COC(=O)c1cc([N-]S(=O)(=O)c2ccc(Cl)cc2)cc(C(=O)OC)c1. The predicted molar refractivity (Wildman–Crippen MR) is 90.8 cm³/mol. The van der Waals surface area contributed by atoms with E-state index in [0.717, 1.165) is 14.2 Å². The first-order valence-corrected chi connectivity index (χ1v) is 8.64. The van der Waals surface area contributed by atoms with E-state index in [1.807, 2.05) is 0 Å². The zero-order valence-electron chi connectivity index (χ0n) is 13.2. The number of benzene rings is 2. The zero-order chi connectivity index (χ0) is 18.6. The van der Waals surface area contributed by atoms with Crippen LogP contribution < -0.4 is 0 Å². The number of methoxy groups -OCH3 is 2. The highest BCUT2D eigenvalue weighted by atomic mass is 35.5. The van der Waals surface area contributed by atoms with Crippen LogP contribution in [0.2, 0.25) is 5.02 Å². The average molecular weight is 383 g/mol. The van der Waals surface area contributed by atoms with Crippen LogP contribution in [0.4, 0.5) is 5.69 Å². The molecule has 0 bridgehead atoms. The van der Waals surface area contributed by atoms with Crippen LogP contribution in [0, 0.1) is 0 Å². The van der Waals surface area contributed by atoms with Crippen molar-refractivity contribution in [2.24, 2.45) is 0 Å². The second-order valence-corrected chi connectivity index (χ2v) is 6.81. The minimum atomic E-state index is -4.07. The van der Waals surface area contributed by atoms with Gasteiger partial charge in [0.05, 0.1) is 30.2 Å². The number of nitrogens with zero attached hydrogens (tertiary/aromatic N) is 1. The highest BCUT2D eigenvalue weighted by molar-refractivity contribution is 7.94. The van der Waals surface area contributed by atoms with Gasteiger partial charge in [0.15, 0.2) is 0 Å². The molecule has 2 aromatic carbocycles. The third kappa shape index (κ3) is 4.49. The fraction of sp³-hybridized carbons (Fsp3) is 0.125. The van der Waals surface area contributed by atoms with Crippen molar-refractivity contribution in [3.8, 4) is 0 Å². The van der Waals surface area contributed by atoms with E-state index in [9.17, 15) is 18.0 Å². The van der Waals surface area contributed by atoms with Gasteiger partial charge in [-0.05, 0) is 30.3 Å². The van der Waals surface area contributed by atoms with E-state index in [2.05, 4.69) is 14.2 Å². The molecule has 0 aliphatic heterocycles. The Morgan fingerprint density at radius 3 is 1.84 bits per heavy atom. The number of sulfonamides is 1. The molecule has 0 N–H and O–H groups in total. The number of rotatable bonds is 5. The largest absolute Gasteiger partial charge is 0.573 e. The van der Waals surface area contributed by atoms with E-state index in [0.29, 0.717) is 5.02 Å². The minimum Gasteiger partial charge on any atom is -0.573 e. The molecule has 2 aromatic rings. The molecule has 0 fully saturated rings. The number of esters is 2. The maximum atomic E-state index is 12.4. The van der Waals surface area contributed by atoms with E-state index in [1.165, 1.54) is 42.5 Å². The van der Waals surface area contributed by atoms with Gasteiger partial charge in [-0.3, -0.25) is 0 Å². The van der Waals surface area contributed by atoms with Crippen LogP contribution in [0.5, 0.6) is 0 Å². The molecule has 0 aliphatic carbocycles. The van der Waals surface area contributed by atoms with Crippen LogP contribution in [-0.2, 0) is 19.5 Å². The molecule has 25 heavy (non-hydrogen) atoms. The van der Waals surface area contributed by atoms with E-state index in [1.54, 1.807) is 0 Å². The summed E-state index contributed by atoms with van der Waals surface area (Å²) in [5.74, 6) is -1.49. The molecule has 2 rings (SSSR count). The fourth-order valence-corrected chi connectivity index (χ4v) is 3.03. The molecule has 0 saturated heterocycles. The smallest absolute Gasteiger partial charge is 0.337 e. The molecule has 0 amide bonds. The third-order valence-electron chi connectivity index (χ3n) is 3.10. The lowest BCUT2D eigenvalue weighted by Gasteiger charge is -2.23. The number of carbonyl (C=O) groups is 2. The van der Waals surface area contributed by atoms with Crippen molar-refractivity contribution in [2.75, 3.05) is 14.2 Å². The van der Waals surface area contributed by atoms with Crippen LogP contribution in [-0.4, -0.2) is 34.6 Å². The summed E-state index contributed by atoms with van der Waals surface area (Å²) in [6.07, 6.45) is 0. The van der Waals surface area contributed by atoms with Gasteiger partial charge >= 0.3 is 11.9 Å². The van der Waals surface area contributed by atoms with Crippen LogP contribution in [0.25, 0.3) is 4.72 Å². The lowest BCUT2D eigenvalue weighted by Crippen LogP contribution is -2.07. The third-order valence-corrected chi connectivity index (χ3v) is 4.67. The van der Waals surface area contributed by atoms with E-state index < -0.39 is 22.0 Å². The number of carbonyl (C=O) groups excluding carboxylic acids is 2. The molecule has 132 valence electrons. The predicted octanol–water partition coefficient (Wildman–Crippen LogP) is 3.31. The average Bonchev–Trinajstić information content (AvgIpc) is 2.59. The van der Waals surface area contributed by atoms with Crippen molar-refractivity contribution in [3.05, 3.63) is 63.3 Å². The summed E-state index contributed by atoms with van der Waals surface area (Å²) in [6.45, 7) is 0. The van der Waals surface area contributed by atoms with Gasteiger partial charge in [-0.1, -0.05) is 23.7 Å². The molecule has 0 aliphatic rings. The molecule has 7 nitrogen and oxygen atoms in total. The molecule has 0 radical (unpaired) electrons. The molecule has 0 unspecified atom stereocenters. The summed E-state index contributed by atoms with van der Waals surface area (Å²) < 4.78 is 37.6. The fourth-order valence-electron chi connectivity index (χ4n) is 1.93. The number of halogens is 1. The van der Waals surface area contributed by atoms with E-state index in [-0.39, 0.29) is 21.7 Å². The molecule has 0 atom stereocenters. The lowest BCUT2D eigenvalue weighted by atomic mass is 10.1. The summed E-state index contributed by atoms with van der Waals surface area (Å²) in [6, 6.07) is 9.05. The van der Waals surface area contributed by atoms with Gasteiger partial charge in [0.25, 0.3) is 0 Å². The summed E-state index contributed by atoms with van der Waals surface area (Å²) >= 11 is 5.74. The first-order chi connectivity index (χ1) is 11.8. The first-order valence-electron chi connectivity index (χ1n) is 6.82. The minimum absolute atomic E-state index is 0.0320. The van der Waals surface area contributed by atoms with Crippen LogP contribution in [0.3, 0.4) is 0 Å². The van der Waals surface area contributed by atoms with Gasteiger partial charge in [0, 0.05) is 5.02 Å². The summed E-state index contributed by atoms with van der Waals surface area (Å²) in [5, 5.41) is 0.375. The van der Waals surface area contributed by atoms with Gasteiger partial charge in [0.2, 0.25) is 0 Å². The molecule has 0 spiro atoms. The van der Waals surface area contributed by atoms with Crippen molar-refractivity contribution in [1.82, 2.24) is 0 Å². The Hall–Kier alpha value is -2.58. The van der Waals surface area contributed by atoms with Crippen LogP contribution >= 0.6 is 11.6 Å². The van der Waals surface area contributed by atoms with Gasteiger partial charge in [-0.15, -0.1) is 5.69 Å². The highest BCUT2D eigenvalue weighted by Gasteiger charge is 2.13. The zero-order valence-corrected chi connectivity index (χ0v) is 14.8. The molecule has 0 heterocycles. The van der Waals surface area contributed by atoms with Crippen LogP contribution in [0.1, 0.15) is 20.7 Å². The van der Waals surface area contributed by atoms with Crippen molar-refractivity contribution >= 4 is 39.3 Å². The van der Waals surface area contributed by atoms with E-state index >= 15 is 0 Å². The maximum Gasteiger partial charge on any atom is 0.337 e. The number of ether oxygens (including phenoxy) is 2. The molecular formula is C16H13ClNO6S-. The van der Waals surface area contributed by atoms with Crippen molar-refractivity contribution < 1.29 is 27.5 Å². The Morgan fingerprint density at radius 1 is 0.920 bits per heavy atom. The Balaban J connectivity index is 2.45. The highest BCUT2D eigenvalue weighted by Crippen LogP contribution is 2.30. The van der Waals surface area contributed by atoms with E-state index in [4.69, 9.17) is 11.6 Å². The first kappa shape index (κ1) is 18.8. The standard InChI is InChI=1S/C16H13ClNO6S/c1-23-15(19)10-7-11(16(20)24-2)9-13(8-10)18-25(21,22)14-5-3-12(17)4-6-14/h3-9H,1-2H3/q-1. The van der Waals surface area contributed by atoms with Crippen LogP contribution in [0.15, 0.2) is 47.4 Å². The molecule has 0 saturated carbocycles. The van der Waals surface area contributed by atoms with Gasteiger partial charge < -0.3 is 14.2 Å². The lowest BCUT2D eigenvalue weighted by molar-refractivity contribution is 0.0599. The molecule has 9 heteroatoms. The summed E-state index contributed by atoms with van der Waals surface area (Å²) in [5.41, 5.74) is -0.177. The number of hydrogen-bond acceptors (Lipinski definition) is 6. The quantitative estimate of drug-likeness (QED) is 0.735. The Bertz CT molecular complexity index is 874. The maximum absolute atomic E-state index is 12.4. The Morgan fingerprint density at radius 2 is 1.40 bits per heavy atom. The van der Waals surface area contributed by atoms with Gasteiger partial charge in [-0.25, -0.2) is 18.0 Å². The Kier molecular flexibility index (Phi) is 5.66. The summed E-state index contributed by atoms with van der Waals surface area (Å²) in [4.78, 5) is 23.4. The van der Waals surface area contributed by atoms with Crippen molar-refractivity contribution in [3.63, 3.8) is 0 Å². The normalized spacial score (nSPS) is 10.8. The molecular weight excluding hydrogens is 370 g/mol. The van der Waals surface area contributed by atoms with Gasteiger partial charge in [0.1, 0.15) is 10.0 Å². The van der Waals surface area contributed by atoms with Crippen molar-refractivity contribution in [1.29, 1.82) is 0 Å². The molecule has 0 aromatic heterocycles.